The van der Waals surface area contributed by atoms with Crippen LogP contribution in [-0.4, -0.2) is 66.1 Å². The van der Waals surface area contributed by atoms with Gasteiger partial charge in [0.2, 0.25) is 0 Å². The molecule has 0 unspecified atom stereocenters. The van der Waals surface area contributed by atoms with Gasteiger partial charge in [0.25, 0.3) is 16.9 Å². The molecule has 1 aromatic carbocycles. The Kier molecular flexibility index (Phi) is 7.54. The number of likely N-dealkylation sites (N-methyl/N-ethyl adjacent to an activating group) is 1. The number of nitrogens with zero attached hydrogens (tertiary/aromatic N) is 3. The molecule has 27 heavy (non-hydrogen) atoms. The minimum Gasteiger partial charge on any atom is -0.491 e. The van der Waals surface area contributed by atoms with Crippen LogP contribution in [0.1, 0.15) is 47.4 Å². The molecule has 0 N–H and O–H groups in total. The number of ether oxygens (including phenoxy) is 1. The predicted molar refractivity (Wildman–Crippen MR) is 97.3 cm³/mol. The molecule has 1 aromatic rings. The first kappa shape index (κ1) is 20.6. The van der Waals surface area contributed by atoms with Gasteiger partial charge >= 0.3 is 0 Å². The first-order valence-corrected chi connectivity index (χ1v) is 9.11. The molecule has 0 fully saturated rings. The largest absolute Gasteiger partial charge is 0.491 e. The van der Waals surface area contributed by atoms with Crippen LogP contribution in [0.25, 0.3) is 0 Å². The Morgan fingerprint density at radius 1 is 1.11 bits per heavy atom. The Morgan fingerprint density at radius 2 is 1.85 bits per heavy atom. The Morgan fingerprint density at radius 3 is 2.52 bits per heavy atom. The summed E-state index contributed by atoms with van der Waals surface area (Å²) in [6.07, 6.45) is 0.805. The minimum atomic E-state index is -0.857. The molecule has 0 atom stereocenters. The molecule has 0 saturated heterocycles. The molecule has 9 nitrogen and oxygen atoms in total. The molecule has 0 aromatic heterocycles. The van der Waals surface area contributed by atoms with Crippen LogP contribution in [0.5, 0.6) is 5.75 Å². The molecule has 1 heterocycles. The van der Waals surface area contributed by atoms with Gasteiger partial charge < -0.3 is 14.5 Å². The molecule has 0 spiro atoms. The lowest BCUT2D eigenvalue weighted by atomic mass is 10.1. The lowest BCUT2D eigenvalue weighted by molar-refractivity contribution is -0.757. The average Bonchev–Trinajstić information content (AvgIpc) is 2.90. The predicted octanol–water partition coefficient (Wildman–Crippen LogP) is 1.99. The van der Waals surface area contributed by atoms with Gasteiger partial charge in [-0.3, -0.25) is 14.5 Å². The second kappa shape index (κ2) is 9.86. The van der Waals surface area contributed by atoms with E-state index in [0.29, 0.717) is 36.3 Å². The Bertz CT molecular complexity index is 690. The van der Waals surface area contributed by atoms with Crippen LogP contribution >= 0.6 is 0 Å². The molecular weight excluding hydrogens is 354 g/mol. The topological polar surface area (TPSA) is 102 Å². The van der Waals surface area contributed by atoms with Crippen molar-refractivity contribution in [1.29, 1.82) is 0 Å². The van der Waals surface area contributed by atoms with Gasteiger partial charge in [-0.25, -0.2) is 0 Å². The number of carbonyl (C=O) groups excluding carboxylic acids is 2. The quantitative estimate of drug-likeness (QED) is 0.237. The molecule has 0 bridgehead atoms. The van der Waals surface area contributed by atoms with Crippen LogP contribution in [0.2, 0.25) is 0 Å². The number of carbonyl (C=O) groups is 2. The van der Waals surface area contributed by atoms with Crippen molar-refractivity contribution in [2.45, 2.75) is 26.7 Å². The second-order valence-electron chi connectivity index (χ2n) is 6.08. The van der Waals surface area contributed by atoms with Crippen molar-refractivity contribution in [2.24, 2.45) is 0 Å². The lowest BCUT2D eigenvalue weighted by Crippen LogP contribution is -2.31. The fourth-order valence-corrected chi connectivity index (χ4v) is 2.96. The number of benzene rings is 1. The van der Waals surface area contributed by atoms with Crippen molar-refractivity contribution in [3.63, 3.8) is 0 Å². The molecule has 1 aliphatic heterocycles. The minimum absolute atomic E-state index is 0.0596. The summed E-state index contributed by atoms with van der Waals surface area (Å²) < 4.78 is 5.78. The maximum atomic E-state index is 12.7. The van der Waals surface area contributed by atoms with Crippen LogP contribution in [0.4, 0.5) is 0 Å². The van der Waals surface area contributed by atoms with Gasteiger partial charge in [0.05, 0.1) is 17.7 Å². The molecule has 1 aliphatic rings. The summed E-state index contributed by atoms with van der Waals surface area (Å²) in [5.41, 5.74) is 0.630. The molecule has 148 valence electrons. The zero-order chi connectivity index (χ0) is 19.8. The Hall–Kier alpha value is -2.68. The van der Waals surface area contributed by atoms with E-state index >= 15 is 0 Å². The summed E-state index contributed by atoms with van der Waals surface area (Å²) in [7, 11) is 0. The van der Waals surface area contributed by atoms with Gasteiger partial charge in [0.1, 0.15) is 12.4 Å². The van der Waals surface area contributed by atoms with Crippen LogP contribution in [0, 0.1) is 10.1 Å². The number of unbranched alkanes of at least 4 members (excludes halogenated alkanes) is 1. The molecule has 2 amide bonds. The van der Waals surface area contributed by atoms with E-state index in [0.717, 1.165) is 24.5 Å². The normalized spacial score (nSPS) is 13.2. The van der Waals surface area contributed by atoms with Gasteiger partial charge in [-0.15, -0.1) is 10.1 Å². The van der Waals surface area contributed by atoms with Crippen LogP contribution < -0.4 is 4.74 Å². The zero-order valence-electron chi connectivity index (χ0n) is 15.7. The lowest BCUT2D eigenvalue weighted by Gasteiger charge is -2.18. The van der Waals surface area contributed by atoms with Crippen molar-refractivity contribution in [3.8, 4) is 5.75 Å². The maximum Gasteiger partial charge on any atom is 0.294 e. The van der Waals surface area contributed by atoms with Gasteiger partial charge in [0.15, 0.2) is 0 Å². The van der Waals surface area contributed by atoms with E-state index in [-0.39, 0.29) is 25.0 Å². The third-order valence-electron chi connectivity index (χ3n) is 4.49. The van der Waals surface area contributed by atoms with Gasteiger partial charge in [0, 0.05) is 13.1 Å². The number of hydrogen-bond donors (Lipinski definition) is 0. The van der Waals surface area contributed by atoms with E-state index in [1.54, 1.807) is 18.2 Å². The van der Waals surface area contributed by atoms with E-state index in [1.807, 2.05) is 0 Å². The van der Waals surface area contributed by atoms with E-state index < -0.39 is 5.09 Å². The number of fused-ring (bicyclic) bond motifs is 1. The highest BCUT2D eigenvalue weighted by molar-refractivity contribution is 6.22. The molecular formula is C18H25N3O6. The first-order valence-electron chi connectivity index (χ1n) is 9.11. The molecule has 2 rings (SSSR count). The van der Waals surface area contributed by atoms with E-state index in [9.17, 15) is 19.7 Å². The molecule has 0 saturated carbocycles. The summed E-state index contributed by atoms with van der Waals surface area (Å²) >= 11 is 0. The highest BCUT2D eigenvalue weighted by Gasteiger charge is 2.37. The van der Waals surface area contributed by atoms with Crippen molar-refractivity contribution in [2.75, 3.05) is 39.4 Å². The van der Waals surface area contributed by atoms with Crippen molar-refractivity contribution in [1.82, 2.24) is 9.80 Å². The third-order valence-corrected chi connectivity index (χ3v) is 4.49. The Balaban J connectivity index is 1.97. The number of rotatable bonds is 12. The van der Waals surface area contributed by atoms with Crippen LogP contribution in [0.15, 0.2) is 18.2 Å². The van der Waals surface area contributed by atoms with Crippen molar-refractivity contribution >= 4 is 11.8 Å². The van der Waals surface area contributed by atoms with Crippen LogP contribution in [0.3, 0.4) is 0 Å². The van der Waals surface area contributed by atoms with E-state index in [1.165, 1.54) is 0 Å². The van der Waals surface area contributed by atoms with Gasteiger partial charge in [-0.1, -0.05) is 19.9 Å². The van der Waals surface area contributed by atoms with Crippen molar-refractivity contribution < 1.29 is 24.3 Å². The summed E-state index contributed by atoms with van der Waals surface area (Å²) in [6, 6.07) is 5.01. The van der Waals surface area contributed by atoms with E-state index in [2.05, 4.69) is 23.6 Å². The highest BCUT2D eigenvalue weighted by Crippen LogP contribution is 2.31. The zero-order valence-corrected chi connectivity index (χ0v) is 15.7. The molecule has 9 heteroatoms. The highest BCUT2D eigenvalue weighted by atomic mass is 16.9. The number of imide groups is 1. The van der Waals surface area contributed by atoms with Crippen molar-refractivity contribution in [3.05, 3.63) is 39.4 Å². The average molecular weight is 379 g/mol. The SMILES string of the molecule is CCN(CC)CCOc1cccc2c1C(=O)N(CCCCO[N+](=O)[O-])C2=O. The summed E-state index contributed by atoms with van der Waals surface area (Å²) in [6.45, 7) is 7.26. The molecule has 0 radical (unpaired) electrons. The standard InChI is InChI=1S/C18H25N3O6/c1-3-19(4-2)11-13-26-15-9-7-8-14-16(15)18(23)20(17(14)22)10-5-6-12-27-21(24)25/h7-9H,3-6,10-13H2,1-2H3. The fourth-order valence-electron chi connectivity index (χ4n) is 2.96. The Labute approximate surface area is 157 Å². The summed E-state index contributed by atoms with van der Waals surface area (Å²) in [5.74, 6) is -0.333. The second-order valence-corrected chi connectivity index (χ2v) is 6.08. The van der Waals surface area contributed by atoms with Gasteiger partial charge in [-0.2, -0.15) is 0 Å². The molecule has 0 aliphatic carbocycles. The number of amides is 2. The summed E-state index contributed by atoms with van der Waals surface area (Å²) in [4.78, 5) is 42.9. The summed E-state index contributed by atoms with van der Waals surface area (Å²) in [5, 5.41) is 9.27. The van der Waals surface area contributed by atoms with E-state index in [4.69, 9.17) is 4.74 Å². The fraction of sp³-hybridized carbons (Fsp3) is 0.556. The monoisotopic (exact) mass is 379 g/mol. The number of hydrogen-bond acceptors (Lipinski definition) is 7. The van der Waals surface area contributed by atoms with Crippen LogP contribution in [-0.2, 0) is 4.84 Å². The van der Waals surface area contributed by atoms with Gasteiger partial charge in [-0.05, 0) is 38.1 Å². The smallest absolute Gasteiger partial charge is 0.294 e. The first-order chi connectivity index (χ1) is 13.0. The third kappa shape index (κ3) is 5.16. The maximum absolute atomic E-state index is 12.7.